The second-order valence-electron chi connectivity index (χ2n) is 3.62. The number of phenolic OH excluding ortho intramolecular Hbond substituents is 1. The van der Waals surface area contributed by atoms with E-state index in [1.807, 2.05) is 22.6 Å². The first kappa shape index (κ1) is 14.6. The molecule has 98 valence electrons. The second-order valence-corrected chi connectivity index (χ2v) is 4.87. The van der Waals surface area contributed by atoms with Crippen molar-refractivity contribution in [2.45, 2.75) is 19.4 Å². The fraction of sp³-hybridized carbons (Fsp3) is 0.273. The summed E-state index contributed by atoms with van der Waals surface area (Å²) in [5.74, 6) is -0.650. The highest BCUT2D eigenvalue weighted by Gasteiger charge is 2.18. The number of hydrogen-bond acceptors (Lipinski definition) is 4. The van der Waals surface area contributed by atoms with Gasteiger partial charge in [0.2, 0.25) is 0 Å². The number of aromatic hydroxyl groups is 1. The van der Waals surface area contributed by atoms with Gasteiger partial charge in [-0.05, 0) is 47.2 Å². The molecule has 7 heteroatoms. The second kappa shape index (κ2) is 6.43. The third-order valence-electron chi connectivity index (χ3n) is 2.39. The van der Waals surface area contributed by atoms with Crippen molar-refractivity contribution in [2.24, 2.45) is 10.9 Å². The van der Waals surface area contributed by atoms with E-state index in [1.165, 1.54) is 6.07 Å². The van der Waals surface area contributed by atoms with Crippen LogP contribution in [-0.2, 0) is 0 Å². The van der Waals surface area contributed by atoms with Crippen LogP contribution in [0.2, 0.25) is 0 Å². The summed E-state index contributed by atoms with van der Waals surface area (Å²) in [4.78, 5) is 11.9. The first-order chi connectivity index (χ1) is 8.49. The van der Waals surface area contributed by atoms with Crippen LogP contribution in [0, 0.1) is 3.57 Å². The summed E-state index contributed by atoms with van der Waals surface area (Å²) in [6.07, 6.45) is 0.478. The molecule has 0 bridgehead atoms. The average Bonchev–Trinajstić information content (AvgIpc) is 2.37. The molecule has 1 unspecified atom stereocenters. The largest absolute Gasteiger partial charge is 0.507 e. The van der Waals surface area contributed by atoms with Crippen molar-refractivity contribution in [2.75, 3.05) is 0 Å². The molecule has 1 aromatic rings. The lowest BCUT2D eigenvalue weighted by molar-refractivity contribution is 0.0943. The van der Waals surface area contributed by atoms with Gasteiger partial charge in [0.05, 0.1) is 11.6 Å². The van der Waals surface area contributed by atoms with E-state index >= 15 is 0 Å². The zero-order valence-corrected chi connectivity index (χ0v) is 11.9. The predicted molar refractivity (Wildman–Crippen MR) is 75.8 cm³/mol. The number of oxime groups is 1. The van der Waals surface area contributed by atoms with Gasteiger partial charge in [0.1, 0.15) is 5.75 Å². The lowest BCUT2D eigenvalue weighted by Gasteiger charge is -2.15. The topological polar surface area (TPSA) is 108 Å². The first-order valence-corrected chi connectivity index (χ1v) is 6.34. The van der Waals surface area contributed by atoms with E-state index in [0.717, 1.165) is 3.57 Å². The molecule has 0 aliphatic heterocycles. The van der Waals surface area contributed by atoms with Gasteiger partial charge in [-0.3, -0.25) is 4.79 Å². The van der Waals surface area contributed by atoms with Crippen molar-refractivity contribution in [3.63, 3.8) is 0 Å². The van der Waals surface area contributed by atoms with Gasteiger partial charge in [0, 0.05) is 3.57 Å². The van der Waals surface area contributed by atoms with Gasteiger partial charge in [-0.1, -0.05) is 12.1 Å². The molecule has 0 aliphatic carbocycles. The molecule has 0 spiro atoms. The summed E-state index contributed by atoms with van der Waals surface area (Å²) in [5.41, 5.74) is 5.60. The molecule has 1 amide bonds. The van der Waals surface area contributed by atoms with E-state index in [1.54, 1.807) is 19.1 Å². The van der Waals surface area contributed by atoms with E-state index < -0.39 is 11.9 Å². The fourth-order valence-electron chi connectivity index (χ4n) is 1.38. The molecule has 0 heterocycles. The molecule has 0 aromatic heterocycles. The number of amidine groups is 1. The molecule has 6 nitrogen and oxygen atoms in total. The molecule has 0 fully saturated rings. The Morgan fingerprint density at radius 2 is 2.28 bits per heavy atom. The van der Waals surface area contributed by atoms with E-state index in [4.69, 9.17) is 10.9 Å². The van der Waals surface area contributed by atoms with Crippen LogP contribution in [0.5, 0.6) is 5.75 Å². The summed E-state index contributed by atoms with van der Waals surface area (Å²) in [5, 5.41) is 23.6. The van der Waals surface area contributed by atoms with E-state index in [2.05, 4.69) is 10.5 Å². The van der Waals surface area contributed by atoms with Crippen LogP contribution in [0.25, 0.3) is 0 Å². The summed E-state index contributed by atoms with van der Waals surface area (Å²) in [6.45, 7) is 1.79. The molecule has 1 rings (SSSR count). The molecule has 0 radical (unpaired) electrons. The summed E-state index contributed by atoms with van der Waals surface area (Å²) >= 11 is 2.04. The Morgan fingerprint density at radius 3 is 2.83 bits per heavy atom. The highest BCUT2D eigenvalue weighted by atomic mass is 127. The van der Waals surface area contributed by atoms with Crippen molar-refractivity contribution in [1.82, 2.24) is 5.32 Å². The number of nitrogens with two attached hydrogens (primary N) is 1. The number of carbonyl (C=O) groups excluding carboxylic acids is 1. The molecule has 0 saturated carbocycles. The van der Waals surface area contributed by atoms with Gasteiger partial charge in [0.25, 0.3) is 5.91 Å². The van der Waals surface area contributed by atoms with Gasteiger partial charge >= 0.3 is 0 Å². The normalized spacial score (nSPS) is 13.1. The van der Waals surface area contributed by atoms with Crippen molar-refractivity contribution in [3.8, 4) is 5.75 Å². The van der Waals surface area contributed by atoms with Crippen LogP contribution in [0.15, 0.2) is 23.4 Å². The number of amides is 1. The number of nitrogens with zero attached hydrogens (tertiary/aromatic N) is 1. The van der Waals surface area contributed by atoms with Crippen LogP contribution >= 0.6 is 22.6 Å². The summed E-state index contributed by atoms with van der Waals surface area (Å²) in [6, 6.07) is 4.12. The van der Waals surface area contributed by atoms with Crippen LogP contribution < -0.4 is 11.1 Å². The molecule has 1 atom stereocenters. The first-order valence-electron chi connectivity index (χ1n) is 5.26. The molecule has 1 aromatic carbocycles. The Kier molecular flexibility index (Phi) is 5.20. The lowest BCUT2D eigenvalue weighted by Crippen LogP contribution is -2.44. The number of nitrogens with one attached hydrogen (secondary N) is 1. The standard InChI is InChI=1S/C11H14IN3O3/c1-2-8(10(13)15-18)14-11(17)7-5-6(12)3-4-9(7)16/h3-5,8,16,18H,2H2,1H3,(H2,13,15)(H,14,17). The minimum Gasteiger partial charge on any atom is -0.507 e. The SMILES string of the molecule is CCC(NC(=O)c1cc(I)ccc1O)/C(N)=N/O. The average molecular weight is 363 g/mol. The van der Waals surface area contributed by atoms with Gasteiger partial charge in [-0.25, -0.2) is 0 Å². The maximum absolute atomic E-state index is 11.9. The Labute approximate surface area is 118 Å². The maximum Gasteiger partial charge on any atom is 0.255 e. The van der Waals surface area contributed by atoms with Crippen molar-refractivity contribution in [3.05, 3.63) is 27.3 Å². The maximum atomic E-state index is 11.9. The van der Waals surface area contributed by atoms with Crippen LogP contribution in [-0.4, -0.2) is 28.1 Å². The summed E-state index contributed by atoms with van der Waals surface area (Å²) < 4.78 is 0.826. The highest BCUT2D eigenvalue weighted by Crippen LogP contribution is 2.19. The molecular weight excluding hydrogens is 349 g/mol. The minimum atomic E-state index is -0.570. The molecule has 18 heavy (non-hydrogen) atoms. The van der Waals surface area contributed by atoms with Gasteiger partial charge in [-0.2, -0.15) is 0 Å². The number of carbonyl (C=O) groups is 1. The quantitative estimate of drug-likeness (QED) is 0.212. The van der Waals surface area contributed by atoms with E-state index in [9.17, 15) is 9.90 Å². The number of halogens is 1. The van der Waals surface area contributed by atoms with Gasteiger partial charge in [0.15, 0.2) is 5.84 Å². The molecule has 5 N–H and O–H groups in total. The number of rotatable bonds is 4. The predicted octanol–water partition coefficient (Wildman–Crippen LogP) is 1.25. The molecule has 0 saturated heterocycles. The molecular formula is C11H14IN3O3. The lowest BCUT2D eigenvalue weighted by atomic mass is 10.1. The van der Waals surface area contributed by atoms with Crippen molar-refractivity contribution < 1.29 is 15.1 Å². The van der Waals surface area contributed by atoms with Crippen molar-refractivity contribution in [1.29, 1.82) is 0 Å². The van der Waals surface area contributed by atoms with E-state index in [-0.39, 0.29) is 17.1 Å². The zero-order valence-electron chi connectivity index (χ0n) is 9.72. The Morgan fingerprint density at radius 1 is 1.61 bits per heavy atom. The van der Waals surface area contributed by atoms with E-state index in [0.29, 0.717) is 6.42 Å². The van der Waals surface area contributed by atoms with Crippen LogP contribution in [0.3, 0.4) is 0 Å². The monoisotopic (exact) mass is 363 g/mol. The molecule has 0 aliphatic rings. The van der Waals surface area contributed by atoms with Gasteiger partial charge in [-0.15, -0.1) is 0 Å². The highest BCUT2D eigenvalue weighted by molar-refractivity contribution is 14.1. The number of benzene rings is 1. The minimum absolute atomic E-state index is 0.0732. The van der Waals surface area contributed by atoms with Crippen LogP contribution in [0.4, 0.5) is 0 Å². The Balaban J connectivity index is 2.91. The third kappa shape index (κ3) is 3.49. The summed E-state index contributed by atoms with van der Waals surface area (Å²) in [7, 11) is 0. The Hall–Kier alpha value is -1.51. The van der Waals surface area contributed by atoms with Crippen molar-refractivity contribution >= 4 is 34.3 Å². The zero-order chi connectivity index (χ0) is 13.7. The Bertz CT molecular complexity index is 477. The van der Waals surface area contributed by atoms with Gasteiger partial charge < -0.3 is 21.4 Å². The fourth-order valence-corrected chi connectivity index (χ4v) is 1.87. The third-order valence-corrected chi connectivity index (χ3v) is 3.06. The van der Waals surface area contributed by atoms with Crippen LogP contribution in [0.1, 0.15) is 23.7 Å². The number of phenols is 1. The smallest absolute Gasteiger partial charge is 0.255 e. The number of hydrogen-bond donors (Lipinski definition) is 4.